The summed E-state index contributed by atoms with van der Waals surface area (Å²) in [7, 11) is -2.66. The molecule has 0 aliphatic carbocycles. The Morgan fingerprint density at radius 1 is 1.35 bits per heavy atom. The van der Waals surface area contributed by atoms with Gasteiger partial charge >= 0.3 is 8.25 Å². The maximum absolute atomic E-state index is 10.8. The van der Waals surface area contributed by atoms with Gasteiger partial charge in [-0.2, -0.15) is 4.98 Å². The number of hydrogen-bond donors (Lipinski definition) is 2. The molecule has 3 N–H and O–H groups in total. The summed E-state index contributed by atoms with van der Waals surface area (Å²) < 4.78 is 23.1. The highest BCUT2D eigenvalue weighted by atomic mass is 32.2. The van der Waals surface area contributed by atoms with Gasteiger partial charge in [-0.25, -0.2) is 9.97 Å². The van der Waals surface area contributed by atoms with Crippen LogP contribution in [0.3, 0.4) is 0 Å². The van der Waals surface area contributed by atoms with E-state index < -0.39 is 13.2 Å². The number of aromatic nitrogens is 4. The smallest absolute Gasteiger partial charge is 0.368 e. The normalized spacial score (nSPS) is 19.1. The Morgan fingerprint density at radius 2 is 2.13 bits per heavy atom. The lowest BCUT2D eigenvalue weighted by Gasteiger charge is -2.14. The van der Waals surface area contributed by atoms with Gasteiger partial charge in [-0.3, -0.25) is 14.7 Å². The van der Waals surface area contributed by atoms with Gasteiger partial charge in [-0.05, 0) is 18.4 Å². The molecule has 0 bridgehead atoms. The number of anilines is 1. The second-order valence-electron chi connectivity index (χ2n) is 6.75. The zero-order valence-corrected chi connectivity index (χ0v) is 17.7. The van der Waals surface area contributed by atoms with Crippen LogP contribution in [-0.4, -0.2) is 42.0 Å². The van der Waals surface area contributed by atoms with E-state index in [1.165, 1.54) is 23.9 Å². The van der Waals surface area contributed by atoms with Gasteiger partial charge in [0, 0.05) is 22.5 Å². The lowest BCUT2D eigenvalue weighted by atomic mass is 10.2. The predicted octanol–water partition coefficient (Wildman–Crippen LogP) is 2.95. The van der Waals surface area contributed by atoms with E-state index in [1.54, 1.807) is 23.0 Å². The number of rotatable bonds is 8. The molecule has 1 fully saturated rings. The molecule has 14 heteroatoms. The summed E-state index contributed by atoms with van der Waals surface area (Å²) in [6, 6.07) is 6.30. The molecule has 1 aliphatic rings. The Balaban J connectivity index is 1.50. The fourth-order valence-electron chi connectivity index (χ4n) is 3.24. The van der Waals surface area contributed by atoms with Crippen molar-refractivity contribution in [3.05, 3.63) is 46.3 Å². The summed E-state index contributed by atoms with van der Waals surface area (Å²) >= 11 is 1.40. The molecule has 1 aliphatic heterocycles. The number of hydrogen-bond acceptors (Lipinski definition) is 10. The quantitative estimate of drug-likeness (QED) is 0.165. The Bertz CT molecular complexity index is 1130. The summed E-state index contributed by atoms with van der Waals surface area (Å²) in [6.07, 6.45) is 2.28. The van der Waals surface area contributed by atoms with E-state index in [1.807, 2.05) is 0 Å². The number of non-ortho nitro benzene ring substituents is 1. The van der Waals surface area contributed by atoms with Crippen LogP contribution >= 0.6 is 20.0 Å². The topological polar surface area (TPSA) is 169 Å². The highest BCUT2D eigenvalue weighted by Crippen LogP contribution is 2.34. The molecule has 1 aromatic carbocycles. The number of nitro benzene ring substituents is 1. The van der Waals surface area contributed by atoms with Crippen molar-refractivity contribution in [2.75, 3.05) is 12.3 Å². The molecular weight excluding hydrogens is 447 g/mol. The zero-order valence-electron chi connectivity index (χ0n) is 16.0. The van der Waals surface area contributed by atoms with Crippen molar-refractivity contribution < 1.29 is 23.6 Å². The lowest BCUT2D eigenvalue weighted by molar-refractivity contribution is -0.384. The summed E-state index contributed by atoms with van der Waals surface area (Å²) in [6.45, 7) is 0.0301. The van der Waals surface area contributed by atoms with E-state index in [0.717, 1.165) is 5.56 Å². The molecular formula is C17H18N6O6PS+. The molecule has 12 nitrogen and oxygen atoms in total. The van der Waals surface area contributed by atoms with Gasteiger partial charge in [0.2, 0.25) is 5.95 Å². The van der Waals surface area contributed by atoms with E-state index in [4.69, 9.17) is 19.9 Å². The first-order chi connectivity index (χ1) is 14.9. The molecule has 1 saturated heterocycles. The molecule has 3 atom stereocenters. The van der Waals surface area contributed by atoms with Crippen molar-refractivity contribution >= 4 is 42.8 Å². The van der Waals surface area contributed by atoms with Gasteiger partial charge in [-0.1, -0.05) is 23.9 Å². The second kappa shape index (κ2) is 9.20. The third kappa shape index (κ3) is 4.97. The average Bonchev–Trinajstić information content (AvgIpc) is 3.37. The molecule has 0 amide bonds. The van der Waals surface area contributed by atoms with Crippen molar-refractivity contribution in [1.82, 2.24) is 19.5 Å². The van der Waals surface area contributed by atoms with E-state index in [9.17, 15) is 14.7 Å². The van der Waals surface area contributed by atoms with Crippen LogP contribution in [0.2, 0.25) is 0 Å². The molecule has 1 unspecified atom stereocenters. The minimum Gasteiger partial charge on any atom is -0.368 e. The molecule has 3 heterocycles. The summed E-state index contributed by atoms with van der Waals surface area (Å²) in [4.78, 5) is 32.2. The van der Waals surface area contributed by atoms with Gasteiger partial charge in [0.05, 0.1) is 17.4 Å². The highest BCUT2D eigenvalue weighted by molar-refractivity contribution is 7.98. The maximum atomic E-state index is 10.8. The van der Waals surface area contributed by atoms with Crippen molar-refractivity contribution in [2.24, 2.45) is 0 Å². The number of benzene rings is 1. The van der Waals surface area contributed by atoms with E-state index in [-0.39, 0.29) is 30.6 Å². The van der Waals surface area contributed by atoms with Crippen LogP contribution in [0.15, 0.2) is 35.6 Å². The van der Waals surface area contributed by atoms with Gasteiger partial charge in [-0.15, -0.1) is 9.42 Å². The first kappa shape index (κ1) is 21.5. The zero-order chi connectivity index (χ0) is 22.0. The number of nitrogen functional groups attached to an aromatic ring is 1. The Hall–Kier alpha value is -2.70. The highest BCUT2D eigenvalue weighted by Gasteiger charge is 2.31. The average molecular weight is 465 g/mol. The third-order valence-corrected chi connectivity index (χ3v) is 6.10. The Kier molecular flexibility index (Phi) is 6.39. The van der Waals surface area contributed by atoms with Gasteiger partial charge in [0.1, 0.15) is 23.4 Å². The number of nitrogens with two attached hydrogens (primary N) is 1. The van der Waals surface area contributed by atoms with Crippen LogP contribution in [0.1, 0.15) is 24.6 Å². The molecule has 4 rings (SSSR count). The lowest BCUT2D eigenvalue weighted by Crippen LogP contribution is -2.15. The Morgan fingerprint density at radius 3 is 2.84 bits per heavy atom. The molecule has 2 aromatic heterocycles. The van der Waals surface area contributed by atoms with Crippen molar-refractivity contribution in [1.29, 1.82) is 0 Å². The van der Waals surface area contributed by atoms with Crippen LogP contribution in [0.4, 0.5) is 11.6 Å². The molecule has 162 valence electrons. The number of fused-ring (bicyclic) bond motifs is 1. The number of thioether (sulfide) groups is 1. The molecule has 3 aromatic rings. The van der Waals surface area contributed by atoms with Gasteiger partial charge in [0.25, 0.3) is 5.69 Å². The maximum Gasteiger partial charge on any atom is 0.694 e. The summed E-state index contributed by atoms with van der Waals surface area (Å²) in [5.74, 6) is 0.616. The molecule has 0 radical (unpaired) electrons. The molecule has 0 spiro atoms. The van der Waals surface area contributed by atoms with Crippen LogP contribution in [-0.2, 0) is 19.6 Å². The monoisotopic (exact) mass is 465 g/mol. The molecule has 0 saturated carbocycles. The largest absolute Gasteiger partial charge is 0.694 e. The van der Waals surface area contributed by atoms with Crippen LogP contribution < -0.4 is 5.73 Å². The predicted molar refractivity (Wildman–Crippen MR) is 111 cm³/mol. The van der Waals surface area contributed by atoms with E-state index >= 15 is 0 Å². The standard InChI is InChI=1S/C17H17N6O6PS/c18-17-20-15-14(16(21-17)31-8-10-1-3-11(4-2-10)23(24)25)19-9-22(15)13-6-5-12(29-13)7-28-30(26)27/h1-4,9,12-13H,5-8H2,(H2-,18,20,21,26,27)/p+1/t12-,13+/m0/s1. The van der Waals surface area contributed by atoms with Crippen molar-refractivity contribution in [2.45, 2.75) is 36.0 Å². The first-order valence-electron chi connectivity index (χ1n) is 9.21. The fourth-order valence-corrected chi connectivity index (χ4v) is 4.47. The number of imidazole rings is 1. The van der Waals surface area contributed by atoms with Crippen molar-refractivity contribution in [3.63, 3.8) is 0 Å². The Labute approximate surface area is 180 Å². The first-order valence-corrected chi connectivity index (χ1v) is 11.3. The van der Waals surface area contributed by atoms with Crippen LogP contribution in [0.25, 0.3) is 11.2 Å². The van der Waals surface area contributed by atoms with Gasteiger partial charge < -0.3 is 10.5 Å². The minimum atomic E-state index is -2.66. The summed E-state index contributed by atoms with van der Waals surface area (Å²) in [5, 5.41) is 11.4. The van der Waals surface area contributed by atoms with Gasteiger partial charge in [0.15, 0.2) is 5.65 Å². The summed E-state index contributed by atoms with van der Waals surface area (Å²) in [5.41, 5.74) is 7.94. The van der Waals surface area contributed by atoms with Crippen LogP contribution in [0.5, 0.6) is 0 Å². The third-order valence-electron chi connectivity index (χ3n) is 4.70. The van der Waals surface area contributed by atoms with E-state index in [0.29, 0.717) is 34.8 Å². The fraction of sp³-hybridized carbons (Fsp3) is 0.353. The van der Waals surface area contributed by atoms with Crippen molar-refractivity contribution in [3.8, 4) is 0 Å². The number of nitrogens with zero attached hydrogens (tertiary/aromatic N) is 5. The van der Waals surface area contributed by atoms with E-state index in [2.05, 4.69) is 15.0 Å². The number of ether oxygens (including phenoxy) is 1. The minimum absolute atomic E-state index is 0.0301. The van der Waals surface area contributed by atoms with Crippen LogP contribution in [0, 0.1) is 10.1 Å². The SMILES string of the molecule is Nc1nc(SCc2ccc([N+](=O)[O-])cc2)c2ncn([C@H]3CC[C@@H](CO[P+](=O)O)O3)c2n1. The second-order valence-corrected chi connectivity index (χ2v) is 8.44. The number of nitro groups is 1. The molecule has 31 heavy (non-hydrogen) atoms.